The van der Waals surface area contributed by atoms with Crippen LogP contribution in [0.15, 0.2) is 41.5 Å². The third-order valence-corrected chi connectivity index (χ3v) is 3.81. The molecule has 1 aromatic carbocycles. The molecule has 0 radical (unpaired) electrons. The molecule has 0 saturated heterocycles. The minimum atomic E-state index is -0.483. The molecule has 1 aromatic rings. The first-order chi connectivity index (χ1) is 12.9. The first kappa shape index (κ1) is 22.0. The van der Waals surface area contributed by atoms with Crippen molar-refractivity contribution in [3.8, 4) is 17.2 Å². The number of rotatable bonds is 8. The van der Waals surface area contributed by atoms with E-state index in [0.717, 1.165) is 5.56 Å². The minimum Gasteiger partial charge on any atom is -0.493 e. The van der Waals surface area contributed by atoms with Gasteiger partial charge in [0.2, 0.25) is 5.75 Å². The average Bonchev–Trinajstić information content (AvgIpc) is 2.69. The summed E-state index contributed by atoms with van der Waals surface area (Å²) in [6.45, 7) is 7.01. The summed E-state index contributed by atoms with van der Waals surface area (Å²) >= 11 is 0. The van der Waals surface area contributed by atoms with Gasteiger partial charge in [0.15, 0.2) is 11.5 Å². The Kier molecular flexibility index (Phi) is 8.85. The summed E-state index contributed by atoms with van der Waals surface area (Å²) in [4.78, 5) is 23.6. The Balaban J connectivity index is 3.00. The van der Waals surface area contributed by atoms with Crippen LogP contribution >= 0.6 is 0 Å². The van der Waals surface area contributed by atoms with E-state index in [-0.39, 0.29) is 18.3 Å². The molecule has 0 aromatic heterocycles. The molecule has 146 valence electrons. The van der Waals surface area contributed by atoms with E-state index in [0.29, 0.717) is 22.6 Å². The lowest BCUT2D eigenvalue weighted by Gasteiger charge is -2.14. The van der Waals surface area contributed by atoms with Crippen molar-refractivity contribution < 1.29 is 28.5 Å². The van der Waals surface area contributed by atoms with Gasteiger partial charge in [0.1, 0.15) is 6.61 Å². The molecule has 27 heavy (non-hydrogen) atoms. The molecule has 0 N–H and O–H groups in total. The fourth-order valence-corrected chi connectivity index (χ4v) is 1.93. The number of esters is 2. The summed E-state index contributed by atoms with van der Waals surface area (Å²) in [7, 11) is 2.95. The van der Waals surface area contributed by atoms with E-state index >= 15 is 0 Å². The quantitative estimate of drug-likeness (QED) is 0.388. The summed E-state index contributed by atoms with van der Waals surface area (Å²) in [6.07, 6.45) is 6.81. The third kappa shape index (κ3) is 6.33. The average molecular weight is 374 g/mol. The Bertz CT molecular complexity index is 746. The normalized spacial score (nSPS) is 12.1. The molecule has 0 atom stereocenters. The summed E-state index contributed by atoms with van der Waals surface area (Å²) in [6, 6.07) is 3.40. The predicted molar refractivity (Wildman–Crippen MR) is 104 cm³/mol. The van der Waals surface area contributed by atoms with E-state index in [9.17, 15) is 9.59 Å². The second-order valence-electron chi connectivity index (χ2n) is 5.59. The Morgan fingerprint density at radius 3 is 1.93 bits per heavy atom. The van der Waals surface area contributed by atoms with Gasteiger partial charge in [0, 0.05) is 11.1 Å². The summed E-state index contributed by atoms with van der Waals surface area (Å²) < 4.78 is 21.2. The highest BCUT2D eigenvalue weighted by Crippen LogP contribution is 2.39. The van der Waals surface area contributed by atoms with Gasteiger partial charge in [-0.05, 0) is 51.5 Å². The van der Waals surface area contributed by atoms with E-state index in [1.165, 1.54) is 14.2 Å². The van der Waals surface area contributed by atoms with Gasteiger partial charge in [-0.15, -0.1) is 0 Å². The van der Waals surface area contributed by atoms with Crippen LogP contribution in [0.5, 0.6) is 17.2 Å². The molecule has 0 heterocycles. The molecule has 6 heteroatoms. The number of methoxy groups -OCH3 is 2. The van der Waals surface area contributed by atoms with Crippen molar-refractivity contribution >= 4 is 18.0 Å². The standard InChI is InChI=1S/C21H26O6/c1-7-14(3)20(22)26-11-9-10-16-12-17(24-5)19(18(13-16)25-6)27-21(23)15(4)8-2/h7-10,12-13H,11H2,1-6H3/b10-9+,14-7+,15-8-. The predicted octanol–water partition coefficient (Wildman–Crippen LogP) is 4.10. The topological polar surface area (TPSA) is 71.1 Å². The molecule has 0 fully saturated rings. The summed E-state index contributed by atoms with van der Waals surface area (Å²) in [5.41, 5.74) is 1.76. The number of allylic oxidation sites excluding steroid dienone is 2. The number of carbonyl (C=O) groups is 2. The molecule has 0 aliphatic carbocycles. The van der Waals surface area contributed by atoms with Crippen LogP contribution in [0.1, 0.15) is 33.3 Å². The highest BCUT2D eigenvalue weighted by molar-refractivity contribution is 5.90. The largest absolute Gasteiger partial charge is 0.493 e. The molecule has 0 aliphatic rings. The van der Waals surface area contributed by atoms with E-state index in [2.05, 4.69) is 0 Å². The maximum absolute atomic E-state index is 12.1. The van der Waals surface area contributed by atoms with Gasteiger partial charge in [-0.2, -0.15) is 0 Å². The number of hydrogen-bond donors (Lipinski definition) is 0. The first-order valence-corrected chi connectivity index (χ1v) is 8.45. The lowest BCUT2D eigenvalue weighted by molar-refractivity contribution is -0.137. The van der Waals surface area contributed by atoms with E-state index < -0.39 is 5.97 Å². The zero-order valence-corrected chi connectivity index (χ0v) is 16.6. The van der Waals surface area contributed by atoms with Gasteiger partial charge in [-0.25, -0.2) is 9.59 Å². The minimum absolute atomic E-state index is 0.131. The van der Waals surface area contributed by atoms with Crippen LogP contribution in [-0.4, -0.2) is 32.8 Å². The van der Waals surface area contributed by atoms with E-state index in [1.807, 2.05) is 0 Å². The van der Waals surface area contributed by atoms with Crippen LogP contribution in [0.2, 0.25) is 0 Å². The summed E-state index contributed by atoms with van der Waals surface area (Å²) in [5, 5.41) is 0. The van der Waals surface area contributed by atoms with Crippen LogP contribution in [0.25, 0.3) is 6.08 Å². The number of benzene rings is 1. The molecular formula is C21H26O6. The zero-order valence-electron chi connectivity index (χ0n) is 16.6. The van der Waals surface area contributed by atoms with Crippen LogP contribution in [0.4, 0.5) is 0 Å². The smallest absolute Gasteiger partial charge is 0.339 e. The Morgan fingerprint density at radius 1 is 0.926 bits per heavy atom. The van der Waals surface area contributed by atoms with Gasteiger partial charge < -0.3 is 18.9 Å². The van der Waals surface area contributed by atoms with Gasteiger partial charge in [-0.1, -0.05) is 18.2 Å². The monoisotopic (exact) mass is 374 g/mol. The van der Waals surface area contributed by atoms with Gasteiger partial charge in [0.05, 0.1) is 14.2 Å². The lowest BCUT2D eigenvalue weighted by Crippen LogP contribution is -2.11. The van der Waals surface area contributed by atoms with E-state index in [4.69, 9.17) is 18.9 Å². The van der Waals surface area contributed by atoms with Crippen LogP contribution < -0.4 is 14.2 Å². The van der Waals surface area contributed by atoms with Crippen LogP contribution in [0, 0.1) is 0 Å². The van der Waals surface area contributed by atoms with Crippen molar-refractivity contribution in [1.82, 2.24) is 0 Å². The third-order valence-electron chi connectivity index (χ3n) is 3.81. The van der Waals surface area contributed by atoms with E-state index in [1.54, 1.807) is 64.1 Å². The molecule has 1 rings (SSSR count). The van der Waals surface area contributed by atoms with Gasteiger partial charge in [-0.3, -0.25) is 0 Å². The van der Waals surface area contributed by atoms with Crippen molar-refractivity contribution in [3.63, 3.8) is 0 Å². The second kappa shape index (κ2) is 10.9. The van der Waals surface area contributed by atoms with Crippen molar-refractivity contribution in [2.75, 3.05) is 20.8 Å². The maximum Gasteiger partial charge on any atom is 0.339 e. The highest BCUT2D eigenvalue weighted by atomic mass is 16.6. The fourth-order valence-electron chi connectivity index (χ4n) is 1.93. The Labute approximate surface area is 160 Å². The number of ether oxygens (including phenoxy) is 4. The Hall–Kier alpha value is -3.02. The lowest BCUT2D eigenvalue weighted by atomic mass is 10.1. The van der Waals surface area contributed by atoms with Gasteiger partial charge in [0.25, 0.3) is 0 Å². The van der Waals surface area contributed by atoms with Crippen molar-refractivity contribution in [3.05, 3.63) is 47.1 Å². The van der Waals surface area contributed by atoms with Crippen molar-refractivity contribution in [2.24, 2.45) is 0 Å². The van der Waals surface area contributed by atoms with Crippen molar-refractivity contribution in [1.29, 1.82) is 0 Å². The molecule has 0 bridgehead atoms. The first-order valence-electron chi connectivity index (χ1n) is 8.45. The van der Waals surface area contributed by atoms with Gasteiger partial charge >= 0.3 is 11.9 Å². The molecule has 0 amide bonds. The summed E-state index contributed by atoms with van der Waals surface area (Å²) in [5.74, 6) is 0.0714. The van der Waals surface area contributed by atoms with Crippen molar-refractivity contribution in [2.45, 2.75) is 27.7 Å². The highest BCUT2D eigenvalue weighted by Gasteiger charge is 2.18. The SMILES string of the molecule is C/C=C(/C)C(=O)Oc1c(OC)cc(/C=C/COC(=O)/C(C)=C/C)cc1OC. The molecule has 0 aliphatic heterocycles. The zero-order chi connectivity index (χ0) is 20.4. The fraction of sp³-hybridized carbons (Fsp3) is 0.333. The molecule has 0 spiro atoms. The van der Waals surface area contributed by atoms with Crippen LogP contribution in [0.3, 0.4) is 0 Å². The second-order valence-corrected chi connectivity index (χ2v) is 5.59. The Morgan fingerprint density at radius 2 is 1.44 bits per heavy atom. The molecule has 0 saturated carbocycles. The number of carbonyl (C=O) groups excluding carboxylic acids is 2. The molecule has 6 nitrogen and oxygen atoms in total. The maximum atomic E-state index is 12.1. The molecular weight excluding hydrogens is 348 g/mol. The number of hydrogen-bond acceptors (Lipinski definition) is 6. The molecule has 0 unspecified atom stereocenters. The van der Waals surface area contributed by atoms with Crippen LogP contribution in [-0.2, 0) is 14.3 Å².